The normalized spacial score (nSPS) is 11.9. The third kappa shape index (κ3) is 7.72. The molecule has 3 aromatic rings. The summed E-state index contributed by atoms with van der Waals surface area (Å²) in [4.78, 5) is 25.3. The van der Waals surface area contributed by atoms with Crippen LogP contribution in [0.25, 0.3) is 0 Å². The van der Waals surface area contributed by atoms with Gasteiger partial charge in [0.2, 0.25) is 0 Å². The molecule has 2 amide bonds. The highest BCUT2D eigenvalue weighted by Crippen LogP contribution is 2.24. The third-order valence-corrected chi connectivity index (χ3v) is 5.97. The van der Waals surface area contributed by atoms with Crippen LogP contribution in [0.2, 0.25) is 15.1 Å². The van der Waals surface area contributed by atoms with Gasteiger partial charge in [0.1, 0.15) is 18.4 Å². The first-order chi connectivity index (χ1) is 16.7. The molecule has 0 spiro atoms. The summed E-state index contributed by atoms with van der Waals surface area (Å²) in [5.41, 5.74) is 4.39. The smallest absolute Gasteiger partial charge is 0.262 e. The number of rotatable bonds is 9. The summed E-state index contributed by atoms with van der Waals surface area (Å²) in [5.74, 6) is -0.436. The lowest BCUT2D eigenvalue weighted by Gasteiger charge is -2.20. The predicted molar refractivity (Wildman–Crippen MR) is 141 cm³/mol. The van der Waals surface area contributed by atoms with Crippen molar-refractivity contribution in [2.45, 2.75) is 26.5 Å². The van der Waals surface area contributed by atoms with Gasteiger partial charge in [-0.25, -0.2) is 5.43 Å². The number of para-hydroxylation sites is 1. The lowest BCUT2D eigenvalue weighted by molar-refractivity contribution is -0.123. The lowest BCUT2D eigenvalue weighted by Crippen LogP contribution is -2.48. The predicted octanol–water partition coefficient (Wildman–Crippen LogP) is 6.13. The van der Waals surface area contributed by atoms with Gasteiger partial charge in [0.15, 0.2) is 0 Å². The molecule has 3 rings (SSSR count). The summed E-state index contributed by atoms with van der Waals surface area (Å²) in [6.45, 7) is 3.94. The van der Waals surface area contributed by atoms with Gasteiger partial charge in [0.05, 0.1) is 16.3 Å². The molecule has 0 aliphatic heterocycles. The first-order valence-electron chi connectivity index (χ1n) is 10.8. The maximum Gasteiger partial charge on any atom is 0.262 e. The highest BCUT2D eigenvalue weighted by atomic mass is 35.5. The fourth-order valence-corrected chi connectivity index (χ4v) is 3.64. The van der Waals surface area contributed by atoms with E-state index < -0.39 is 17.9 Å². The molecule has 0 bridgehead atoms. The number of halogens is 3. The van der Waals surface area contributed by atoms with Crippen molar-refractivity contribution in [2.75, 3.05) is 0 Å². The van der Waals surface area contributed by atoms with Crippen LogP contribution in [0, 0.1) is 5.92 Å². The Morgan fingerprint density at radius 3 is 2.46 bits per heavy atom. The highest BCUT2D eigenvalue weighted by Gasteiger charge is 2.24. The van der Waals surface area contributed by atoms with Gasteiger partial charge in [-0.3, -0.25) is 9.59 Å². The molecule has 0 saturated carbocycles. The minimum atomic E-state index is -0.792. The number of carbonyl (C=O) groups excluding carboxylic acids is 2. The Balaban J connectivity index is 1.63. The van der Waals surface area contributed by atoms with E-state index in [1.165, 1.54) is 6.21 Å². The number of nitrogens with one attached hydrogen (secondary N) is 2. The molecular weight excluding hydrogens is 509 g/mol. The van der Waals surface area contributed by atoms with E-state index >= 15 is 0 Å². The van der Waals surface area contributed by atoms with Crippen molar-refractivity contribution in [1.82, 2.24) is 10.7 Å². The lowest BCUT2D eigenvalue weighted by atomic mass is 10.0. The fraction of sp³-hybridized carbons (Fsp3) is 0.192. The Bertz CT molecular complexity index is 1230. The molecule has 0 saturated heterocycles. The highest BCUT2D eigenvalue weighted by molar-refractivity contribution is 6.42. The molecule has 182 valence electrons. The Kier molecular flexibility index (Phi) is 9.55. The van der Waals surface area contributed by atoms with Crippen molar-refractivity contribution < 1.29 is 14.3 Å². The van der Waals surface area contributed by atoms with Crippen LogP contribution in [0.1, 0.15) is 35.3 Å². The molecule has 6 nitrogen and oxygen atoms in total. The molecule has 2 N–H and O–H groups in total. The minimum Gasteiger partial charge on any atom is -0.488 e. The fourth-order valence-electron chi connectivity index (χ4n) is 3.13. The van der Waals surface area contributed by atoms with Crippen LogP contribution in [0.4, 0.5) is 0 Å². The van der Waals surface area contributed by atoms with Crippen molar-refractivity contribution in [2.24, 2.45) is 11.0 Å². The number of nitrogens with zero attached hydrogens (tertiary/aromatic N) is 1. The number of hydrazone groups is 1. The van der Waals surface area contributed by atoms with Crippen molar-refractivity contribution in [3.8, 4) is 5.75 Å². The molecule has 0 aliphatic carbocycles. The first-order valence-corrected chi connectivity index (χ1v) is 11.9. The maximum atomic E-state index is 12.7. The Morgan fingerprint density at radius 1 is 0.971 bits per heavy atom. The topological polar surface area (TPSA) is 79.8 Å². The molecule has 1 unspecified atom stereocenters. The minimum absolute atomic E-state index is 0.171. The van der Waals surface area contributed by atoms with E-state index in [1.807, 2.05) is 32.0 Å². The number of carbonyl (C=O) groups is 2. The monoisotopic (exact) mass is 531 g/mol. The summed E-state index contributed by atoms with van der Waals surface area (Å²) < 4.78 is 5.90. The summed E-state index contributed by atoms with van der Waals surface area (Å²) in [6.07, 6.45) is 1.48. The van der Waals surface area contributed by atoms with Crippen LogP contribution >= 0.6 is 34.8 Å². The van der Waals surface area contributed by atoms with Crippen LogP contribution in [0.3, 0.4) is 0 Å². The summed E-state index contributed by atoms with van der Waals surface area (Å²) in [7, 11) is 0. The van der Waals surface area contributed by atoms with Crippen LogP contribution in [-0.4, -0.2) is 24.1 Å². The second-order valence-corrected chi connectivity index (χ2v) is 9.27. The van der Waals surface area contributed by atoms with Crippen molar-refractivity contribution >= 4 is 52.8 Å². The van der Waals surface area contributed by atoms with E-state index in [-0.39, 0.29) is 12.5 Å². The quantitative estimate of drug-likeness (QED) is 0.257. The zero-order chi connectivity index (χ0) is 25.4. The molecular formula is C26H24Cl3N3O3. The standard InChI is InChI=1S/C26H24Cl3N3O3/c1-16(2)24(31-25(33)18-7-5-8-20(27)13-18)26(34)32-30-14-19-6-3-4-9-23(19)35-15-17-10-11-21(28)22(29)12-17/h3-14,16,24H,15H2,1-2H3,(H,31,33)(H,32,34)/b30-14+. The average molecular weight is 533 g/mol. The van der Waals surface area contributed by atoms with E-state index in [1.54, 1.807) is 48.5 Å². The number of ether oxygens (including phenoxy) is 1. The van der Waals surface area contributed by atoms with Gasteiger partial charge < -0.3 is 10.1 Å². The van der Waals surface area contributed by atoms with E-state index in [4.69, 9.17) is 39.5 Å². The van der Waals surface area contributed by atoms with Gasteiger partial charge in [0.25, 0.3) is 11.8 Å². The molecule has 0 aliphatic rings. The summed E-state index contributed by atoms with van der Waals surface area (Å²) in [6, 6.07) is 18.3. The summed E-state index contributed by atoms with van der Waals surface area (Å²) >= 11 is 18.0. The second-order valence-electron chi connectivity index (χ2n) is 8.01. The van der Waals surface area contributed by atoms with E-state index in [0.29, 0.717) is 31.9 Å². The second kappa shape index (κ2) is 12.6. The zero-order valence-electron chi connectivity index (χ0n) is 19.1. The van der Waals surface area contributed by atoms with Gasteiger partial charge in [-0.2, -0.15) is 5.10 Å². The van der Waals surface area contributed by atoms with Gasteiger partial charge in [-0.05, 0) is 53.9 Å². The largest absolute Gasteiger partial charge is 0.488 e. The summed E-state index contributed by atoms with van der Waals surface area (Å²) in [5, 5.41) is 8.17. The number of hydrogen-bond acceptors (Lipinski definition) is 4. The van der Waals surface area contributed by atoms with Gasteiger partial charge in [-0.1, -0.05) is 72.9 Å². The van der Waals surface area contributed by atoms with Gasteiger partial charge >= 0.3 is 0 Å². The molecule has 0 aromatic heterocycles. The Morgan fingerprint density at radius 2 is 1.74 bits per heavy atom. The molecule has 3 aromatic carbocycles. The van der Waals surface area contributed by atoms with Crippen molar-refractivity contribution in [3.63, 3.8) is 0 Å². The van der Waals surface area contributed by atoms with E-state index in [2.05, 4.69) is 15.8 Å². The molecule has 35 heavy (non-hydrogen) atoms. The van der Waals surface area contributed by atoms with Crippen molar-refractivity contribution in [1.29, 1.82) is 0 Å². The number of hydrogen-bond donors (Lipinski definition) is 2. The van der Waals surface area contributed by atoms with Crippen LogP contribution < -0.4 is 15.5 Å². The Labute approximate surface area is 219 Å². The van der Waals surface area contributed by atoms with Crippen molar-refractivity contribution in [3.05, 3.63) is 98.5 Å². The zero-order valence-corrected chi connectivity index (χ0v) is 21.4. The van der Waals surface area contributed by atoms with E-state index in [9.17, 15) is 9.59 Å². The first kappa shape index (κ1) is 26.5. The van der Waals surface area contributed by atoms with Crippen LogP contribution in [0.5, 0.6) is 5.75 Å². The maximum absolute atomic E-state index is 12.7. The van der Waals surface area contributed by atoms with Gasteiger partial charge in [0, 0.05) is 16.1 Å². The average Bonchev–Trinajstić information content (AvgIpc) is 2.83. The number of benzene rings is 3. The van der Waals surface area contributed by atoms with Crippen LogP contribution in [0.15, 0.2) is 71.8 Å². The van der Waals surface area contributed by atoms with Gasteiger partial charge in [-0.15, -0.1) is 0 Å². The Hall–Kier alpha value is -3.06. The molecule has 9 heteroatoms. The third-order valence-electron chi connectivity index (χ3n) is 5.00. The molecule has 1 atom stereocenters. The SMILES string of the molecule is CC(C)C(NC(=O)c1cccc(Cl)c1)C(=O)N/N=C/c1ccccc1OCc1ccc(Cl)c(Cl)c1. The van der Waals surface area contributed by atoms with Crippen LogP contribution in [-0.2, 0) is 11.4 Å². The molecule has 0 heterocycles. The van der Waals surface area contributed by atoms with E-state index in [0.717, 1.165) is 5.56 Å². The number of amides is 2. The molecule has 0 radical (unpaired) electrons. The molecule has 0 fully saturated rings.